The van der Waals surface area contributed by atoms with Crippen molar-refractivity contribution in [3.05, 3.63) is 53.9 Å². The first-order valence-electron chi connectivity index (χ1n) is 7.33. The molecule has 0 aliphatic carbocycles. The van der Waals surface area contributed by atoms with Gasteiger partial charge in [0.1, 0.15) is 0 Å². The molecular weight excluding hydrogens is 264 g/mol. The number of hydrogen-bond acceptors (Lipinski definition) is 2. The Hall–Kier alpha value is -1.19. The van der Waals surface area contributed by atoms with Gasteiger partial charge in [-0.25, -0.2) is 0 Å². The smallest absolute Gasteiger partial charge is 0.0361 e. The summed E-state index contributed by atoms with van der Waals surface area (Å²) in [6, 6.07) is 13.7. The zero-order valence-corrected chi connectivity index (χ0v) is 13.0. The Kier molecular flexibility index (Phi) is 4.18. The predicted octanol–water partition coefficient (Wildman–Crippen LogP) is 3.88. The molecule has 20 heavy (non-hydrogen) atoms. The maximum Gasteiger partial charge on any atom is 0.0361 e. The number of nitrogens with one attached hydrogen (secondary N) is 1. The van der Waals surface area contributed by atoms with Crippen molar-refractivity contribution in [2.24, 2.45) is 0 Å². The molecule has 2 heterocycles. The van der Waals surface area contributed by atoms with Crippen molar-refractivity contribution < 1.29 is 0 Å². The van der Waals surface area contributed by atoms with E-state index < -0.39 is 0 Å². The van der Waals surface area contributed by atoms with Crippen molar-refractivity contribution in [1.82, 2.24) is 9.88 Å². The molecule has 1 aromatic heterocycles. The minimum atomic E-state index is 0.529. The number of hydrogen-bond donors (Lipinski definition) is 1. The van der Waals surface area contributed by atoms with Crippen LogP contribution in [0.15, 0.2) is 47.5 Å². The lowest BCUT2D eigenvalue weighted by Gasteiger charge is -2.16. The van der Waals surface area contributed by atoms with Crippen LogP contribution in [0.3, 0.4) is 0 Å². The highest BCUT2D eigenvalue weighted by Gasteiger charge is 2.23. The highest BCUT2D eigenvalue weighted by molar-refractivity contribution is 7.99. The van der Waals surface area contributed by atoms with Crippen molar-refractivity contribution in [3.8, 4) is 0 Å². The van der Waals surface area contributed by atoms with Crippen molar-refractivity contribution in [2.75, 3.05) is 5.75 Å². The molecule has 2 aromatic rings. The Balaban J connectivity index is 1.72. The second-order valence-corrected chi connectivity index (χ2v) is 6.80. The third-order valence-electron chi connectivity index (χ3n) is 3.83. The van der Waals surface area contributed by atoms with E-state index in [1.807, 2.05) is 11.8 Å². The fraction of sp³-hybridized carbons (Fsp3) is 0.412. The molecule has 0 saturated heterocycles. The van der Waals surface area contributed by atoms with Gasteiger partial charge in [0.15, 0.2) is 0 Å². The van der Waals surface area contributed by atoms with Crippen LogP contribution in [0.25, 0.3) is 0 Å². The second-order valence-electron chi connectivity index (χ2n) is 5.73. The normalized spacial score (nSPS) is 17.6. The Bertz CT molecular complexity index is 574. The molecule has 106 valence electrons. The monoisotopic (exact) mass is 286 g/mol. The van der Waals surface area contributed by atoms with Crippen LogP contribution in [0, 0.1) is 0 Å². The summed E-state index contributed by atoms with van der Waals surface area (Å²) < 4.78 is 2.41. The van der Waals surface area contributed by atoms with Crippen molar-refractivity contribution in [3.63, 3.8) is 0 Å². The van der Waals surface area contributed by atoms with E-state index in [-0.39, 0.29) is 0 Å². The van der Waals surface area contributed by atoms with Gasteiger partial charge in [0.2, 0.25) is 0 Å². The maximum absolute atomic E-state index is 3.51. The summed E-state index contributed by atoms with van der Waals surface area (Å²) in [6.45, 7) is 6.42. The van der Waals surface area contributed by atoms with Gasteiger partial charge in [-0.05, 0) is 23.8 Å². The number of thioether (sulfide) groups is 1. The molecule has 0 fully saturated rings. The lowest BCUT2D eigenvalue weighted by Crippen LogP contribution is -2.24. The summed E-state index contributed by atoms with van der Waals surface area (Å²) in [5.74, 6) is 1.84. The molecular formula is C17H22N2S. The minimum absolute atomic E-state index is 0.529. The van der Waals surface area contributed by atoms with Gasteiger partial charge < -0.3 is 9.88 Å². The van der Waals surface area contributed by atoms with Crippen LogP contribution in [0.4, 0.5) is 0 Å². The van der Waals surface area contributed by atoms with E-state index >= 15 is 0 Å². The average molecular weight is 286 g/mol. The molecule has 0 saturated carbocycles. The Morgan fingerprint density at radius 1 is 1.25 bits per heavy atom. The predicted molar refractivity (Wildman–Crippen MR) is 86.3 cm³/mol. The quantitative estimate of drug-likeness (QED) is 0.898. The molecule has 1 aromatic carbocycles. The van der Waals surface area contributed by atoms with Gasteiger partial charge >= 0.3 is 0 Å². The second kappa shape index (κ2) is 6.06. The molecule has 3 heteroatoms. The first kappa shape index (κ1) is 13.8. The zero-order valence-electron chi connectivity index (χ0n) is 12.2. The number of benzene rings is 1. The SMILES string of the molecule is CC(C)NCc1cccn1CC1CSc2ccccc21. The summed E-state index contributed by atoms with van der Waals surface area (Å²) >= 11 is 1.99. The van der Waals surface area contributed by atoms with Crippen LogP contribution in [-0.2, 0) is 13.1 Å². The largest absolute Gasteiger partial charge is 0.350 e. The van der Waals surface area contributed by atoms with Crippen LogP contribution in [0.1, 0.15) is 31.0 Å². The van der Waals surface area contributed by atoms with Crippen LogP contribution >= 0.6 is 11.8 Å². The number of rotatable bonds is 5. The van der Waals surface area contributed by atoms with Crippen molar-refractivity contribution in [1.29, 1.82) is 0 Å². The number of aromatic nitrogens is 1. The highest BCUT2D eigenvalue weighted by Crippen LogP contribution is 2.40. The molecule has 2 nitrogen and oxygen atoms in total. The van der Waals surface area contributed by atoms with E-state index in [1.165, 1.54) is 21.9 Å². The van der Waals surface area contributed by atoms with Crippen LogP contribution in [-0.4, -0.2) is 16.4 Å². The lowest BCUT2D eigenvalue weighted by molar-refractivity contribution is 0.535. The molecule has 0 bridgehead atoms. The Labute approximate surface area is 125 Å². The van der Waals surface area contributed by atoms with Crippen LogP contribution < -0.4 is 5.32 Å². The van der Waals surface area contributed by atoms with Crippen LogP contribution in [0.2, 0.25) is 0 Å². The van der Waals surface area contributed by atoms with Gasteiger partial charge in [0.05, 0.1) is 0 Å². The van der Waals surface area contributed by atoms with Crippen molar-refractivity contribution in [2.45, 2.75) is 43.8 Å². The minimum Gasteiger partial charge on any atom is -0.350 e. The molecule has 3 rings (SSSR count). The van der Waals surface area contributed by atoms with Gasteiger partial charge in [0, 0.05) is 47.6 Å². The standard InChI is InChI=1S/C17H22N2S/c1-13(2)18-10-15-6-5-9-19(15)11-14-12-20-17-8-4-3-7-16(14)17/h3-9,13-14,18H,10-12H2,1-2H3. The summed E-state index contributed by atoms with van der Waals surface area (Å²) in [6.07, 6.45) is 2.21. The highest BCUT2D eigenvalue weighted by atomic mass is 32.2. The Morgan fingerprint density at radius 2 is 2.10 bits per heavy atom. The van der Waals surface area contributed by atoms with Gasteiger partial charge in [0.25, 0.3) is 0 Å². The summed E-state index contributed by atoms with van der Waals surface area (Å²) in [5.41, 5.74) is 2.90. The van der Waals surface area contributed by atoms with Gasteiger partial charge in [-0.2, -0.15) is 0 Å². The molecule has 1 aliphatic heterocycles. The van der Waals surface area contributed by atoms with E-state index in [9.17, 15) is 0 Å². The van der Waals surface area contributed by atoms with E-state index in [0.717, 1.165) is 13.1 Å². The number of fused-ring (bicyclic) bond motifs is 1. The first-order valence-corrected chi connectivity index (χ1v) is 8.31. The van der Waals surface area contributed by atoms with E-state index in [1.54, 1.807) is 0 Å². The Morgan fingerprint density at radius 3 is 2.95 bits per heavy atom. The summed E-state index contributed by atoms with van der Waals surface area (Å²) in [5, 5.41) is 3.51. The maximum atomic E-state index is 3.51. The van der Waals surface area contributed by atoms with Gasteiger partial charge in [-0.1, -0.05) is 32.0 Å². The van der Waals surface area contributed by atoms with Gasteiger partial charge in [-0.15, -0.1) is 11.8 Å². The van der Waals surface area contributed by atoms with Crippen LogP contribution in [0.5, 0.6) is 0 Å². The fourth-order valence-corrected chi connectivity index (χ4v) is 3.96. The zero-order chi connectivity index (χ0) is 13.9. The molecule has 0 amide bonds. The molecule has 1 aliphatic rings. The van der Waals surface area contributed by atoms with E-state index in [0.29, 0.717) is 12.0 Å². The molecule has 1 atom stereocenters. The first-order chi connectivity index (χ1) is 9.74. The van der Waals surface area contributed by atoms with E-state index in [2.05, 4.69) is 66.3 Å². The lowest BCUT2D eigenvalue weighted by atomic mass is 10.0. The average Bonchev–Trinajstić information content (AvgIpc) is 3.05. The van der Waals surface area contributed by atoms with E-state index in [4.69, 9.17) is 0 Å². The third-order valence-corrected chi connectivity index (χ3v) is 5.08. The van der Waals surface area contributed by atoms with Crippen molar-refractivity contribution >= 4 is 11.8 Å². The summed E-state index contributed by atoms with van der Waals surface area (Å²) in [7, 11) is 0. The molecule has 1 unspecified atom stereocenters. The van der Waals surface area contributed by atoms with Gasteiger partial charge in [-0.3, -0.25) is 0 Å². The molecule has 0 radical (unpaired) electrons. The third kappa shape index (κ3) is 2.94. The summed E-state index contributed by atoms with van der Waals surface area (Å²) in [4.78, 5) is 1.46. The number of nitrogens with zero attached hydrogens (tertiary/aromatic N) is 1. The topological polar surface area (TPSA) is 17.0 Å². The fourth-order valence-electron chi connectivity index (χ4n) is 2.71. The molecule has 0 spiro atoms. The molecule has 1 N–H and O–H groups in total.